The van der Waals surface area contributed by atoms with Gasteiger partial charge in [-0.1, -0.05) is 20.8 Å². The lowest BCUT2D eigenvalue weighted by atomic mass is 10.2. The number of aliphatic carboxylic acids is 1. The maximum absolute atomic E-state index is 12.7. The van der Waals surface area contributed by atoms with Crippen LogP contribution in [0.15, 0.2) is 4.90 Å². The maximum atomic E-state index is 12.7. The van der Waals surface area contributed by atoms with Gasteiger partial charge in [-0.2, -0.15) is 9.40 Å². The lowest BCUT2D eigenvalue weighted by Crippen LogP contribution is -2.34. The first-order chi connectivity index (χ1) is 9.98. The molecule has 0 radical (unpaired) electrons. The molecular weight excluding hydrogens is 306 g/mol. The Hall–Kier alpha value is -1.41. The van der Waals surface area contributed by atoms with E-state index in [1.165, 1.54) is 14.0 Å². The third-order valence-electron chi connectivity index (χ3n) is 3.47. The van der Waals surface area contributed by atoms with Crippen LogP contribution in [-0.2, 0) is 21.4 Å². The SMILES string of the molecule is Cc1nn(CC(C)C)c(C)c1S(=O)(=O)N(C)CC(C)C(=O)O. The van der Waals surface area contributed by atoms with E-state index >= 15 is 0 Å². The molecule has 0 saturated carbocycles. The highest BCUT2D eigenvalue weighted by molar-refractivity contribution is 7.89. The number of nitrogens with zero attached hydrogens (tertiary/aromatic N) is 3. The van der Waals surface area contributed by atoms with Crippen molar-refractivity contribution in [1.82, 2.24) is 14.1 Å². The summed E-state index contributed by atoms with van der Waals surface area (Å²) in [6.45, 7) is 9.49. The molecule has 0 aliphatic rings. The van der Waals surface area contributed by atoms with E-state index in [2.05, 4.69) is 5.10 Å². The monoisotopic (exact) mass is 331 g/mol. The van der Waals surface area contributed by atoms with Crippen LogP contribution in [0.2, 0.25) is 0 Å². The van der Waals surface area contributed by atoms with E-state index in [-0.39, 0.29) is 11.4 Å². The Morgan fingerprint density at radius 1 is 1.32 bits per heavy atom. The third kappa shape index (κ3) is 3.86. The summed E-state index contributed by atoms with van der Waals surface area (Å²) in [6.07, 6.45) is 0. The summed E-state index contributed by atoms with van der Waals surface area (Å²) in [5, 5.41) is 13.2. The molecule has 126 valence electrons. The Morgan fingerprint density at radius 2 is 1.86 bits per heavy atom. The van der Waals surface area contributed by atoms with Crippen LogP contribution >= 0.6 is 0 Å². The molecule has 1 rings (SSSR count). The van der Waals surface area contributed by atoms with Gasteiger partial charge >= 0.3 is 5.97 Å². The molecule has 1 unspecified atom stereocenters. The van der Waals surface area contributed by atoms with Gasteiger partial charge in [0, 0.05) is 20.1 Å². The van der Waals surface area contributed by atoms with E-state index in [0.717, 1.165) is 4.31 Å². The van der Waals surface area contributed by atoms with Crippen molar-refractivity contribution >= 4 is 16.0 Å². The van der Waals surface area contributed by atoms with E-state index in [4.69, 9.17) is 5.11 Å². The summed E-state index contributed by atoms with van der Waals surface area (Å²) in [6, 6.07) is 0. The number of carboxylic acids is 1. The first kappa shape index (κ1) is 18.6. The quantitative estimate of drug-likeness (QED) is 0.817. The largest absolute Gasteiger partial charge is 0.481 e. The number of aromatic nitrogens is 2. The Morgan fingerprint density at radius 3 is 2.32 bits per heavy atom. The van der Waals surface area contributed by atoms with Crippen molar-refractivity contribution in [2.45, 2.75) is 46.1 Å². The van der Waals surface area contributed by atoms with Gasteiger partial charge in [0.25, 0.3) is 0 Å². The second-order valence-corrected chi connectivity index (χ2v) is 8.08. The average molecular weight is 331 g/mol. The normalized spacial score (nSPS) is 13.8. The highest BCUT2D eigenvalue weighted by Crippen LogP contribution is 2.24. The molecule has 0 bridgehead atoms. The Kier molecular flexibility index (Phi) is 5.75. The first-order valence-electron chi connectivity index (χ1n) is 7.21. The molecule has 1 aromatic rings. The molecule has 0 aliphatic carbocycles. The third-order valence-corrected chi connectivity index (χ3v) is 5.55. The molecule has 0 aliphatic heterocycles. The van der Waals surface area contributed by atoms with Crippen molar-refractivity contribution in [3.05, 3.63) is 11.4 Å². The number of sulfonamides is 1. The van der Waals surface area contributed by atoms with E-state index in [9.17, 15) is 13.2 Å². The molecule has 22 heavy (non-hydrogen) atoms. The number of rotatable bonds is 7. The summed E-state index contributed by atoms with van der Waals surface area (Å²) in [7, 11) is -2.36. The van der Waals surface area contributed by atoms with Gasteiger partial charge in [-0.3, -0.25) is 9.48 Å². The molecule has 0 fully saturated rings. The number of hydrogen-bond acceptors (Lipinski definition) is 4. The summed E-state index contributed by atoms with van der Waals surface area (Å²) in [5.74, 6) is -1.45. The minimum atomic E-state index is -3.76. The van der Waals surface area contributed by atoms with Crippen LogP contribution in [-0.4, -0.2) is 47.2 Å². The number of aryl methyl sites for hydroxylation is 1. The molecular formula is C14H25N3O4S. The second kappa shape index (κ2) is 6.78. The molecule has 8 heteroatoms. The lowest BCUT2D eigenvalue weighted by Gasteiger charge is -2.19. The fourth-order valence-corrected chi connectivity index (χ4v) is 3.92. The van der Waals surface area contributed by atoms with Crippen molar-refractivity contribution in [2.24, 2.45) is 11.8 Å². The molecule has 1 N–H and O–H groups in total. The van der Waals surface area contributed by atoms with Crippen molar-refractivity contribution < 1.29 is 18.3 Å². The van der Waals surface area contributed by atoms with Crippen LogP contribution in [0.25, 0.3) is 0 Å². The van der Waals surface area contributed by atoms with Crippen LogP contribution in [0.5, 0.6) is 0 Å². The predicted octanol–water partition coefficient (Wildman–Crippen LogP) is 1.50. The topological polar surface area (TPSA) is 92.5 Å². The van der Waals surface area contributed by atoms with Gasteiger partial charge in [-0.25, -0.2) is 8.42 Å². The average Bonchev–Trinajstić information content (AvgIpc) is 2.63. The molecule has 0 spiro atoms. The van der Waals surface area contributed by atoms with Crippen LogP contribution in [0.3, 0.4) is 0 Å². The zero-order chi connectivity index (χ0) is 17.2. The smallest absolute Gasteiger partial charge is 0.307 e. The van der Waals surface area contributed by atoms with Crippen LogP contribution < -0.4 is 0 Å². The lowest BCUT2D eigenvalue weighted by molar-refractivity contribution is -0.141. The van der Waals surface area contributed by atoms with Crippen LogP contribution in [0, 0.1) is 25.7 Å². The molecule has 1 heterocycles. The van der Waals surface area contributed by atoms with Gasteiger partial charge in [0.05, 0.1) is 17.3 Å². The summed E-state index contributed by atoms with van der Waals surface area (Å²) in [4.78, 5) is 11.1. The van der Waals surface area contributed by atoms with E-state index in [1.807, 2.05) is 13.8 Å². The minimum absolute atomic E-state index is 0.0775. The molecule has 0 amide bonds. The summed E-state index contributed by atoms with van der Waals surface area (Å²) >= 11 is 0. The Bertz CT molecular complexity index is 649. The van der Waals surface area contributed by atoms with Gasteiger partial charge in [0.2, 0.25) is 10.0 Å². The van der Waals surface area contributed by atoms with Crippen LogP contribution in [0.1, 0.15) is 32.2 Å². The van der Waals surface area contributed by atoms with Crippen molar-refractivity contribution in [2.75, 3.05) is 13.6 Å². The molecule has 1 aromatic heterocycles. The predicted molar refractivity (Wildman–Crippen MR) is 83.2 cm³/mol. The summed E-state index contributed by atoms with van der Waals surface area (Å²) in [5.41, 5.74) is 1.02. The Labute approximate surface area is 132 Å². The van der Waals surface area contributed by atoms with E-state index < -0.39 is 21.9 Å². The van der Waals surface area contributed by atoms with Crippen molar-refractivity contribution in [3.8, 4) is 0 Å². The zero-order valence-corrected chi connectivity index (χ0v) is 14.8. The summed E-state index contributed by atoms with van der Waals surface area (Å²) < 4.78 is 28.2. The van der Waals surface area contributed by atoms with Gasteiger partial charge < -0.3 is 5.11 Å². The first-order valence-corrected chi connectivity index (χ1v) is 8.65. The number of hydrogen-bond donors (Lipinski definition) is 1. The van der Waals surface area contributed by atoms with Crippen LogP contribution in [0.4, 0.5) is 0 Å². The molecule has 1 atom stereocenters. The minimum Gasteiger partial charge on any atom is -0.481 e. The van der Waals surface area contributed by atoms with Gasteiger partial charge in [-0.05, 0) is 19.8 Å². The highest BCUT2D eigenvalue weighted by atomic mass is 32.2. The van der Waals surface area contributed by atoms with E-state index in [1.54, 1.807) is 18.5 Å². The fourth-order valence-electron chi connectivity index (χ4n) is 2.30. The highest BCUT2D eigenvalue weighted by Gasteiger charge is 2.30. The molecule has 7 nitrogen and oxygen atoms in total. The van der Waals surface area contributed by atoms with Crippen molar-refractivity contribution in [3.63, 3.8) is 0 Å². The molecule has 0 saturated heterocycles. The van der Waals surface area contributed by atoms with Crippen molar-refractivity contribution in [1.29, 1.82) is 0 Å². The van der Waals surface area contributed by atoms with E-state index in [0.29, 0.717) is 23.9 Å². The maximum Gasteiger partial charge on any atom is 0.307 e. The Balaban J connectivity index is 3.18. The number of carbonyl (C=O) groups is 1. The number of carboxylic acid groups (broad SMARTS) is 1. The standard InChI is InChI=1S/C14H25N3O4S/c1-9(2)7-17-12(5)13(11(4)15-17)22(20,21)16(6)8-10(3)14(18)19/h9-10H,7-8H2,1-6H3,(H,18,19). The fraction of sp³-hybridized carbons (Fsp3) is 0.714. The molecule has 0 aromatic carbocycles. The van der Waals surface area contributed by atoms with Gasteiger partial charge in [0.15, 0.2) is 0 Å². The second-order valence-electron chi connectivity index (χ2n) is 6.10. The zero-order valence-electron chi connectivity index (χ0n) is 14.0. The van der Waals surface area contributed by atoms with Gasteiger partial charge in [-0.15, -0.1) is 0 Å². The van der Waals surface area contributed by atoms with Gasteiger partial charge in [0.1, 0.15) is 4.90 Å².